The van der Waals surface area contributed by atoms with E-state index in [4.69, 9.17) is 10.5 Å². The lowest BCUT2D eigenvalue weighted by atomic mass is 9.98. The minimum Gasteiger partial charge on any atom is -0.496 e. The summed E-state index contributed by atoms with van der Waals surface area (Å²) in [7, 11) is 1.66. The van der Waals surface area contributed by atoms with Gasteiger partial charge in [0.05, 0.1) is 13.2 Å². The van der Waals surface area contributed by atoms with Crippen molar-refractivity contribution in [3.8, 4) is 5.75 Å². The monoisotopic (exact) mass is 242 g/mol. The van der Waals surface area contributed by atoms with Gasteiger partial charge in [-0.05, 0) is 37.6 Å². The van der Waals surface area contributed by atoms with Crippen LogP contribution in [0.3, 0.4) is 0 Å². The second kappa shape index (κ2) is 5.19. The Kier molecular flexibility index (Phi) is 3.63. The molecule has 0 radical (unpaired) electrons. The minimum atomic E-state index is -0.193. The van der Waals surface area contributed by atoms with Gasteiger partial charge >= 0.3 is 0 Å². The van der Waals surface area contributed by atoms with E-state index in [1.807, 2.05) is 50.2 Å². The van der Waals surface area contributed by atoms with E-state index in [1.54, 1.807) is 7.11 Å². The Bertz CT molecular complexity index is 532. The molecular formula is C15H18N2O. The number of benzene rings is 1. The Hall–Kier alpha value is -1.87. The van der Waals surface area contributed by atoms with Crippen molar-refractivity contribution in [1.29, 1.82) is 0 Å². The van der Waals surface area contributed by atoms with Crippen LogP contribution in [0.15, 0.2) is 36.4 Å². The summed E-state index contributed by atoms with van der Waals surface area (Å²) in [5, 5.41) is 0. The number of nitrogens with zero attached hydrogens (tertiary/aromatic N) is 1. The molecule has 2 N–H and O–H groups in total. The lowest BCUT2D eigenvalue weighted by molar-refractivity contribution is 0.408. The molecule has 2 rings (SSSR count). The first-order valence-electron chi connectivity index (χ1n) is 5.95. The normalized spacial score (nSPS) is 12.2. The maximum atomic E-state index is 6.32. The first kappa shape index (κ1) is 12.6. The molecule has 1 heterocycles. The van der Waals surface area contributed by atoms with Crippen molar-refractivity contribution in [2.24, 2.45) is 5.73 Å². The van der Waals surface area contributed by atoms with Crippen molar-refractivity contribution in [1.82, 2.24) is 4.98 Å². The second-order valence-corrected chi connectivity index (χ2v) is 4.40. The highest BCUT2D eigenvalue weighted by atomic mass is 16.5. The van der Waals surface area contributed by atoms with Crippen molar-refractivity contribution < 1.29 is 4.74 Å². The number of pyridine rings is 1. The molecule has 18 heavy (non-hydrogen) atoms. The number of aromatic nitrogens is 1. The number of ether oxygens (including phenoxy) is 1. The fourth-order valence-electron chi connectivity index (χ4n) is 2.15. The number of para-hydroxylation sites is 1. The first-order valence-corrected chi connectivity index (χ1v) is 5.95. The molecule has 3 nitrogen and oxygen atoms in total. The van der Waals surface area contributed by atoms with E-state index in [9.17, 15) is 0 Å². The smallest absolute Gasteiger partial charge is 0.123 e. The van der Waals surface area contributed by atoms with Crippen LogP contribution < -0.4 is 10.5 Å². The molecule has 0 aliphatic rings. The molecule has 94 valence electrons. The van der Waals surface area contributed by atoms with Crippen LogP contribution in [0.2, 0.25) is 0 Å². The van der Waals surface area contributed by atoms with Gasteiger partial charge < -0.3 is 10.5 Å². The summed E-state index contributed by atoms with van der Waals surface area (Å²) >= 11 is 0. The zero-order valence-electron chi connectivity index (χ0n) is 11.0. The summed E-state index contributed by atoms with van der Waals surface area (Å²) < 4.78 is 5.35. The van der Waals surface area contributed by atoms with Gasteiger partial charge in [-0.3, -0.25) is 4.98 Å². The zero-order chi connectivity index (χ0) is 13.1. The van der Waals surface area contributed by atoms with E-state index < -0.39 is 0 Å². The van der Waals surface area contributed by atoms with Crippen LogP contribution in [0.25, 0.3) is 0 Å². The molecule has 0 aliphatic carbocycles. The molecule has 0 amide bonds. The van der Waals surface area contributed by atoms with Gasteiger partial charge in [-0.25, -0.2) is 0 Å². The van der Waals surface area contributed by atoms with Crippen LogP contribution in [0, 0.1) is 13.8 Å². The molecule has 0 spiro atoms. The second-order valence-electron chi connectivity index (χ2n) is 4.40. The van der Waals surface area contributed by atoms with Crippen LogP contribution in [-0.4, -0.2) is 12.1 Å². The average Bonchev–Trinajstić information content (AvgIpc) is 2.36. The number of hydrogen-bond donors (Lipinski definition) is 1. The number of nitrogens with two attached hydrogens (primary N) is 1. The summed E-state index contributed by atoms with van der Waals surface area (Å²) in [5.41, 5.74) is 10.3. The minimum absolute atomic E-state index is 0.193. The van der Waals surface area contributed by atoms with Crippen molar-refractivity contribution in [3.05, 3.63) is 58.9 Å². The van der Waals surface area contributed by atoms with E-state index >= 15 is 0 Å². The highest BCUT2D eigenvalue weighted by Crippen LogP contribution is 2.28. The number of methoxy groups -OCH3 is 1. The van der Waals surface area contributed by atoms with E-state index in [-0.39, 0.29) is 6.04 Å². The molecule has 0 fully saturated rings. The van der Waals surface area contributed by atoms with Gasteiger partial charge in [-0.15, -0.1) is 0 Å². The summed E-state index contributed by atoms with van der Waals surface area (Å²) in [6.07, 6.45) is 0. The highest BCUT2D eigenvalue weighted by Gasteiger charge is 2.14. The standard InChI is InChI=1S/C15H18N2O/c1-10-8-12(9-11(2)17-10)15(16)13-6-4-5-7-14(13)18-3/h4-9,15H,16H2,1-3H3. The maximum absolute atomic E-state index is 6.32. The Morgan fingerprint density at radius 1 is 1.11 bits per heavy atom. The molecule has 0 bridgehead atoms. The molecule has 0 saturated heterocycles. The van der Waals surface area contributed by atoms with Crippen LogP contribution in [-0.2, 0) is 0 Å². The van der Waals surface area contributed by atoms with Crippen LogP contribution in [0.5, 0.6) is 5.75 Å². The van der Waals surface area contributed by atoms with Gasteiger partial charge in [0.25, 0.3) is 0 Å². The van der Waals surface area contributed by atoms with E-state index in [0.717, 1.165) is 28.3 Å². The Morgan fingerprint density at radius 2 is 1.72 bits per heavy atom. The molecule has 1 aromatic heterocycles. The molecule has 3 heteroatoms. The van der Waals surface area contributed by atoms with Crippen LogP contribution in [0.1, 0.15) is 28.6 Å². The van der Waals surface area contributed by atoms with Crippen molar-refractivity contribution in [2.75, 3.05) is 7.11 Å². The molecule has 1 aromatic carbocycles. The Balaban J connectivity index is 2.44. The average molecular weight is 242 g/mol. The number of hydrogen-bond acceptors (Lipinski definition) is 3. The summed E-state index contributed by atoms with van der Waals surface area (Å²) in [6, 6.07) is 11.7. The summed E-state index contributed by atoms with van der Waals surface area (Å²) in [6.45, 7) is 3.96. The fraction of sp³-hybridized carbons (Fsp3) is 0.267. The number of rotatable bonds is 3. The van der Waals surface area contributed by atoms with Gasteiger partial charge in [0.15, 0.2) is 0 Å². The molecule has 2 aromatic rings. The maximum Gasteiger partial charge on any atom is 0.123 e. The third kappa shape index (κ3) is 2.51. The van der Waals surface area contributed by atoms with Gasteiger partial charge in [0, 0.05) is 17.0 Å². The Morgan fingerprint density at radius 3 is 2.33 bits per heavy atom. The molecule has 1 unspecified atom stereocenters. The van der Waals surface area contributed by atoms with E-state index in [0.29, 0.717) is 0 Å². The zero-order valence-corrected chi connectivity index (χ0v) is 11.0. The topological polar surface area (TPSA) is 48.1 Å². The molecule has 0 aliphatic heterocycles. The fourth-order valence-corrected chi connectivity index (χ4v) is 2.15. The summed E-state index contributed by atoms with van der Waals surface area (Å²) in [5.74, 6) is 0.817. The lowest BCUT2D eigenvalue weighted by Crippen LogP contribution is -2.13. The van der Waals surface area contributed by atoms with Crippen molar-refractivity contribution in [2.45, 2.75) is 19.9 Å². The Labute approximate surface area is 108 Å². The SMILES string of the molecule is COc1ccccc1C(N)c1cc(C)nc(C)c1. The van der Waals surface area contributed by atoms with E-state index in [2.05, 4.69) is 4.98 Å². The lowest BCUT2D eigenvalue weighted by Gasteiger charge is -2.16. The first-order chi connectivity index (χ1) is 8.61. The highest BCUT2D eigenvalue weighted by molar-refractivity contribution is 5.41. The van der Waals surface area contributed by atoms with Gasteiger partial charge in [0.2, 0.25) is 0 Å². The third-order valence-electron chi connectivity index (χ3n) is 2.94. The molecular weight excluding hydrogens is 224 g/mol. The van der Waals surface area contributed by atoms with Gasteiger partial charge in [0.1, 0.15) is 5.75 Å². The largest absolute Gasteiger partial charge is 0.496 e. The third-order valence-corrected chi connectivity index (χ3v) is 2.94. The van der Waals surface area contributed by atoms with Crippen LogP contribution in [0.4, 0.5) is 0 Å². The molecule has 1 atom stereocenters. The van der Waals surface area contributed by atoms with Gasteiger partial charge in [-0.1, -0.05) is 18.2 Å². The molecule has 0 saturated carbocycles. The summed E-state index contributed by atoms with van der Waals surface area (Å²) in [4.78, 5) is 4.37. The van der Waals surface area contributed by atoms with Gasteiger partial charge in [-0.2, -0.15) is 0 Å². The van der Waals surface area contributed by atoms with Crippen molar-refractivity contribution >= 4 is 0 Å². The number of aryl methyl sites for hydroxylation is 2. The van der Waals surface area contributed by atoms with Crippen LogP contribution >= 0.6 is 0 Å². The van der Waals surface area contributed by atoms with Crippen molar-refractivity contribution in [3.63, 3.8) is 0 Å². The van der Waals surface area contributed by atoms with E-state index in [1.165, 1.54) is 0 Å². The predicted molar refractivity (Wildman–Crippen MR) is 72.7 cm³/mol. The predicted octanol–water partition coefficient (Wildman–Crippen LogP) is 2.76. The quantitative estimate of drug-likeness (QED) is 0.900.